The summed E-state index contributed by atoms with van der Waals surface area (Å²) in [7, 11) is 0. The number of carbonyl (C=O) groups excluding carboxylic acids is 1. The van der Waals surface area contributed by atoms with Crippen molar-refractivity contribution in [1.29, 1.82) is 5.26 Å². The van der Waals surface area contributed by atoms with E-state index in [1.165, 1.54) is 29.1 Å². The van der Waals surface area contributed by atoms with Gasteiger partial charge >= 0.3 is 5.97 Å². The van der Waals surface area contributed by atoms with E-state index in [0.717, 1.165) is 0 Å². The average Bonchev–Trinajstić information content (AvgIpc) is 2.82. The molecule has 1 aromatic heterocycles. The first kappa shape index (κ1) is 14.5. The van der Waals surface area contributed by atoms with E-state index >= 15 is 0 Å². The van der Waals surface area contributed by atoms with Gasteiger partial charge in [0.2, 0.25) is 0 Å². The summed E-state index contributed by atoms with van der Waals surface area (Å²) in [5.41, 5.74) is 6.58. The minimum absolute atomic E-state index is 0.0412. The summed E-state index contributed by atoms with van der Waals surface area (Å²) in [6.07, 6.45) is 1.49. The van der Waals surface area contributed by atoms with Gasteiger partial charge in [-0.25, -0.2) is 9.18 Å². The van der Waals surface area contributed by atoms with Crippen LogP contribution in [-0.2, 0) is 11.3 Å². The molecule has 1 heterocycles. The number of benzene rings is 1. The van der Waals surface area contributed by atoms with Crippen LogP contribution in [0.1, 0.15) is 28.5 Å². The van der Waals surface area contributed by atoms with Crippen LogP contribution in [0.2, 0.25) is 0 Å². The monoisotopic (exact) mass is 288 g/mol. The van der Waals surface area contributed by atoms with E-state index in [1.807, 2.05) is 0 Å². The van der Waals surface area contributed by atoms with Gasteiger partial charge in [0.25, 0.3) is 0 Å². The maximum Gasteiger partial charge on any atom is 0.361 e. The van der Waals surface area contributed by atoms with Gasteiger partial charge in [0.15, 0.2) is 5.69 Å². The first-order chi connectivity index (χ1) is 10.0. The zero-order valence-corrected chi connectivity index (χ0v) is 11.3. The molecule has 0 aliphatic rings. The zero-order chi connectivity index (χ0) is 15.4. The molecule has 0 saturated heterocycles. The molecule has 0 aliphatic carbocycles. The normalized spacial score (nSPS) is 10.1. The maximum atomic E-state index is 13.2. The fourth-order valence-electron chi connectivity index (χ4n) is 1.82. The molecular formula is C14H13FN4O2. The highest BCUT2D eigenvalue weighted by atomic mass is 19.1. The van der Waals surface area contributed by atoms with E-state index in [4.69, 9.17) is 15.7 Å². The predicted octanol–water partition coefficient (Wildman–Crippen LogP) is 1.70. The Morgan fingerprint density at radius 1 is 1.57 bits per heavy atom. The first-order valence-corrected chi connectivity index (χ1v) is 6.23. The predicted molar refractivity (Wildman–Crippen MR) is 72.8 cm³/mol. The summed E-state index contributed by atoms with van der Waals surface area (Å²) in [5.74, 6) is -1.17. The van der Waals surface area contributed by atoms with E-state index in [0.29, 0.717) is 5.56 Å². The van der Waals surface area contributed by atoms with Crippen LogP contribution in [0.15, 0.2) is 24.4 Å². The minimum Gasteiger partial charge on any atom is -0.461 e. The summed E-state index contributed by atoms with van der Waals surface area (Å²) in [6, 6.07) is 5.95. The number of carbonyl (C=O) groups is 1. The quantitative estimate of drug-likeness (QED) is 0.864. The molecule has 7 heteroatoms. The molecule has 0 amide bonds. The number of esters is 1. The molecule has 108 valence electrons. The van der Waals surface area contributed by atoms with Crippen molar-refractivity contribution in [3.05, 3.63) is 47.0 Å². The van der Waals surface area contributed by atoms with E-state index in [2.05, 4.69) is 5.10 Å². The van der Waals surface area contributed by atoms with Crippen LogP contribution in [0, 0.1) is 17.1 Å². The van der Waals surface area contributed by atoms with Crippen molar-refractivity contribution in [2.24, 2.45) is 0 Å². The van der Waals surface area contributed by atoms with Gasteiger partial charge in [0, 0.05) is 6.20 Å². The Balaban J connectivity index is 2.23. The van der Waals surface area contributed by atoms with Gasteiger partial charge in [0.1, 0.15) is 11.9 Å². The van der Waals surface area contributed by atoms with Crippen LogP contribution in [0.3, 0.4) is 0 Å². The third-order valence-electron chi connectivity index (χ3n) is 2.75. The summed E-state index contributed by atoms with van der Waals surface area (Å²) in [4.78, 5) is 11.6. The second kappa shape index (κ2) is 6.05. The number of nitriles is 1. The van der Waals surface area contributed by atoms with Crippen molar-refractivity contribution in [2.75, 3.05) is 12.3 Å². The van der Waals surface area contributed by atoms with E-state index in [-0.39, 0.29) is 30.1 Å². The molecule has 0 aliphatic heterocycles. The van der Waals surface area contributed by atoms with Gasteiger partial charge in [-0.1, -0.05) is 6.07 Å². The third-order valence-corrected chi connectivity index (χ3v) is 2.75. The standard InChI is InChI=1S/C14H13FN4O2/c1-2-21-14(20)13-12(17)8-19(18-13)7-9-3-4-11(15)10(5-9)6-16/h3-5,8H,2,7,17H2,1H3. The molecule has 0 saturated carbocycles. The number of anilines is 1. The molecule has 0 radical (unpaired) electrons. The number of nitrogens with zero attached hydrogens (tertiary/aromatic N) is 3. The summed E-state index contributed by atoms with van der Waals surface area (Å²) < 4.78 is 19.5. The highest BCUT2D eigenvalue weighted by molar-refractivity contribution is 5.92. The van der Waals surface area contributed by atoms with Gasteiger partial charge in [0.05, 0.1) is 24.4 Å². The molecule has 0 unspecified atom stereocenters. The molecule has 0 spiro atoms. The van der Waals surface area contributed by atoms with Crippen LogP contribution in [-0.4, -0.2) is 22.4 Å². The van der Waals surface area contributed by atoms with Crippen molar-refractivity contribution < 1.29 is 13.9 Å². The molecule has 2 aromatic rings. The van der Waals surface area contributed by atoms with E-state index in [1.54, 1.807) is 13.0 Å². The third kappa shape index (κ3) is 3.17. The van der Waals surface area contributed by atoms with Crippen LogP contribution in [0.5, 0.6) is 0 Å². The van der Waals surface area contributed by atoms with Gasteiger partial charge in [-0.15, -0.1) is 0 Å². The highest BCUT2D eigenvalue weighted by Gasteiger charge is 2.16. The van der Waals surface area contributed by atoms with E-state index < -0.39 is 11.8 Å². The van der Waals surface area contributed by atoms with Crippen molar-refractivity contribution in [1.82, 2.24) is 9.78 Å². The Hall–Kier alpha value is -2.88. The van der Waals surface area contributed by atoms with Crippen molar-refractivity contribution in [3.8, 4) is 6.07 Å². The average molecular weight is 288 g/mol. The molecule has 0 atom stereocenters. The Kier molecular flexibility index (Phi) is 4.18. The number of hydrogen-bond acceptors (Lipinski definition) is 5. The highest BCUT2D eigenvalue weighted by Crippen LogP contribution is 2.14. The lowest BCUT2D eigenvalue weighted by atomic mass is 10.1. The molecule has 6 nitrogen and oxygen atoms in total. The molecule has 2 rings (SSSR count). The minimum atomic E-state index is -0.592. The smallest absolute Gasteiger partial charge is 0.361 e. The number of rotatable bonds is 4. The fraction of sp³-hybridized carbons (Fsp3) is 0.214. The van der Waals surface area contributed by atoms with Crippen LogP contribution in [0.4, 0.5) is 10.1 Å². The number of aromatic nitrogens is 2. The zero-order valence-electron chi connectivity index (χ0n) is 11.3. The van der Waals surface area contributed by atoms with Crippen LogP contribution >= 0.6 is 0 Å². The van der Waals surface area contributed by atoms with Crippen molar-refractivity contribution >= 4 is 11.7 Å². The Bertz CT molecular complexity index is 718. The molecular weight excluding hydrogens is 275 g/mol. The SMILES string of the molecule is CCOC(=O)c1nn(Cc2ccc(F)c(C#N)c2)cc1N. The fourth-order valence-corrected chi connectivity index (χ4v) is 1.82. The Morgan fingerprint density at radius 3 is 3.00 bits per heavy atom. The Labute approximate surface area is 120 Å². The molecule has 2 N–H and O–H groups in total. The molecule has 21 heavy (non-hydrogen) atoms. The lowest BCUT2D eigenvalue weighted by Crippen LogP contribution is -2.09. The number of hydrogen-bond donors (Lipinski definition) is 1. The second-order valence-electron chi connectivity index (χ2n) is 4.28. The van der Waals surface area contributed by atoms with Gasteiger partial charge in [-0.2, -0.15) is 10.4 Å². The van der Waals surface area contributed by atoms with Crippen LogP contribution < -0.4 is 5.73 Å². The second-order valence-corrected chi connectivity index (χ2v) is 4.28. The lowest BCUT2D eigenvalue weighted by Gasteiger charge is -2.03. The number of nitrogens with two attached hydrogens (primary N) is 1. The first-order valence-electron chi connectivity index (χ1n) is 6.23. The molecule has 0 fully saturated rings. The summed E-state index contributed by atoms with van der Waals surface area (Å²) in [6.45, 7) is 2.18. The topological polar surface area (TPSA) is 93.9 Å². The summed E-state index contributed by atoms with van der Waals surface area (Å²) in [5, 5.41) is 12.8. The largest absolute Gasteiger partial charge is 0.461 e. The van der Waals surface area contributed by atoms with Crippen molar-refractivity contribution in [3.63, 3.8) is 0 Å². The van der Waals surface area contributed by atoms with Gasteiger partial charge in [-0.3, -0.25) is 4.68 Å². The Morgan fingerprint density at radius 2 is 2.33 bits per heavy atom. The van der Waals surface area contributed by atoms with Crippen molar-refractivity contribution in [2.45, 2.75) is 13.5 Å². The van der Waals surface area contributed by atoms with Gasteiger partial charge in [-0.05, 0) is 24.6 Å². The number of nitrogen functional groups attached to an aromatic ring is 1. The number of halogens is 1. The molecule has 1 aromatic carbocycles. The summed E-state index contributed by atoms with van der Waals surface area (Å²) >= 11 is 0. The number of ether oxygens (including phenoxy) is 1. The lowest BCUT2D eigenvalue weighted by molar-refractivity contribution is 0.0519. The molecule has 0 bridgehead atoms. The van der Waals surface area contributed by atoms with E-state index in [9.17, 15) is 9.18 Å². The van der Waals surface area contributed by atoms with Gasteiger partial charge < -0.3 is 10.5 Å². The van der Waals surface area contributed by atoms with Crippen LogP contribution in [0.25, 0.3) is 0 Å². The maximum absolute atomic E-state index is 13.2.